The number of rotatable bonds is 3. The van der Waals surface area contributed by atoms with E-state index in [1.54, 1.807) is 6.07 Å². The Labute approximate surface area is 145 Å². The second-order valence-electron chi connectivity index (χ2n) is 5.28. The Morgan fingerprint density at radius 3 is 2.54 bits per heavy atom. The molecule has 0 saturated carbocycles. The normalized spacial score (nSPS) is 20.7. The molecular formula is C16H7F6NO2S. The molecule has 2 atom stereocenters. The first kappa shape index (κ1) is 18.3. The van der Waals surface area contributed by atoms with Crippen LogP contribution < -0.4 is 4.74 Å². The summed E-state index contributed by atoms with van der Waals surface area (Å²) in [5, 5.41) is 4.44. The number of ether oxygens (including phenoxy) is 1. The number of hydrogen-bond acceptors (Lipinski definition) is 3. The zero-order valence-electron chi connectivity index (χ0n) is 12.5. The quantitative estimate of drug-likeness (QED) is 0.680. The molecular weight excluding hydrogens is 384 g/mol. The van der Waals surface area contributed by atoms with Gasteiger partial charge in [-0.25, -0.2) is 21.8 Å². The van der Waals surface area contributed by atoms with Crippen LogP contribution in [-0.4, -0.2) is 9.46 Å². The lowest BCUT2D eigenvalue weighted by Gasteiger charge is -2.14. The maximum absolute atomic E-state index is 13.8. The van der Waals surface area contributed by atoms with Gasteiger partial charge in [-0.05, 0) is 18.2 Å². The first-order valence-corrected chi connectivity index (χ1v) is 8.09. The largest absolute Gasteiger partial charge is 0.457 e. The third kappa shape index (κ3) is 2.82. The van der Waals surface area contributed by atoms with Crippen molar-refractivity contribution in [1.82, 2.24) is 0 Å². The van der Waals surface area contributed by atoms with Crippen LogP contribution in [-0.2, 0) is 10.8 Å². The highest BCUT2D eigenvalue weighted by Crippen LogP contribution is 2.53. The monoisotopic (exact) mass is 391 g/mol. The van der Waals surface area contributed by atoms with Crippen LogP contribution in [0.1, 0.15) is 29.3 Å². The van der Waals surface area contributed by atoms with Crippen LogP contribution in [0.15, 0.2) is 35.2 Å². The van der Waals surface area contributed by atoms with Crippen LogP contribution >= 0.6 is 0 Å². The van der Waals surface area contributed by atoms with Gasteiger partial charge in [0.1, 0.15) is 28.1 Å². The minimum Gasteiger partial charge on any atom is -0.457 e. The number of nitriles is 1. The lowest BCUT2D eigenvalue weighted by atomic mass is 10.1. The standard InChI is InChI=1S/C16H7F6NO2S/c17-8-3-7(6-23)4-9(5-8)25-11-2-1-10-13(12(11)15(19)20)26(24)16(21,22)14(10)18/h1-5,14-15H/t14-,26?/m1/s1. The predicted octanol–water partition coefficient (Wildman–Crippen LogP) is 5.15. The highest BCUT2D eigenvalue weighted by molar-refractivity contribution is 7.86. The average molecular weight is 391 g/mol. The summed E-state index contributed by atoms with van der Waals surface area (Å²) in [4.78, 5) is -1.04. The van der Waals surface area contributed by atoms with Crippen molar-refractivity contribution < 1.29 is 35.3 Å². The van der Waals surface area contributed by atoms with Crippen LogP contribution in [0.4, 0.5) is 26.3 Å². The van der Waals surface area contributed by atoms with E-state index in [1.807, 2.05) is 0 Å². The van der Waals surface area contributed by atoms with Gasteiger partial charge >= 0.3 is 5.25 Å². The molecule has 1 unspecified atom stereocenters. The summed E-state index contributed by atoms with van der Waals surface area (Å²) in [5.74, 6) is -1.93. The second kappa shape index (κ2) is 6.32. The van der Waals surface area contributed by atoms with Crippen LogP contribution in [0.5, 0.6) is 11.5 Å². The van der Waals surface area contributed by atoms with E-state index in [0.29, 0.717) is 0 Å². The third-order valence-electron chi connectivity index (χ3n) is 3.63. The van der Waals surface area contributed by atoms with Crippen molar-refractivity contribution in [2.24, 2.45) is 0 Å². The van der Waals surface area contributed by atoms with Gasteiger partial charge in [0.25, 0.3) is 6.43 Å². The molecule has 10 heteroatoms. The molecule has 0 spiro atoms. The number of alkyl halides is 5. The number of benzene rings is 2. The van der Waals surface area contributed by atoms with Gasteiger partial charge in [-0.3, -0.25) is 0 Å². The van der Waals surface area contributed by atoms with Gasteiger partial charge in [-0.1, -0.05) is 6.07 Å². The van der Waals surface area contributed by atoms with Crippen molar-refractivity contribution in [3.05, 3.63) is 52.8 Å². The molecule has 0 amide bonds. The first-order chi connectivity index (χ1) is 12.2. The van der Waals surface area contributed by atoms with E-state index in [4.69, 9.17) is 10.00 Å². The molecule has 2 aromatic rings. The van der Waals surface area contributed by atoms with Crippen molar-refractivity contribution >= 4 is 10.8 Å². The van der Waals surface area contributed by atoms with E-state index in [-0.39, 0.29) is 11.3 Å². The average Bonchev–Trinajstić information content (AvgIpc) is 2.74. The molecule has 3 rings (SSSR count). The van der Waals surface area contributed by atoms with E-state index < -0.39 is 56.2 Å². The lowest BCUT2D eigenvalue weighted by molar-refractivity contribution is 0.0143. The first-order valence-electron chi connectivity index (χ1n) is 6.94. The number of hydrogen-bond donors (Lipinski definition) is 0. The fourth-order valence-electron chi connectivity index (χ4n) is 2.52. The predicted molar refractivity (Wildman–Crippen MR) is 77.8 cm³/mol. The summed E-state index contributed by atoms with van der Waals surface area (Å²) in [6.07, 6.45) is -6.40. The van der Waals surface area contributed by atoms with Crippen LogP contribution in [0, 0.1) is 17.1 Å². The van der Waals surface area contributed by atoms with Crippen LogP contribution in [0.3, 0.4) is 0 Å². The van der Waals surface area contributed by atoms with E-state index in [0.717, 1.165) is 30.3 Å². The van der Waals surface area contributed by atoms with Gasteiger partial charge in [-0.15, -0.1) is 0 Å². The SMILES string of the molecule is N#Cc1cc(F)cc(Oc2ccc3c(c2C(F)F)S(=O)C(F)(F)[C@@H]3F)c1. The molecule has 0 aliphatic carbocycles. The van der Waals surface area contributed by atoms with Gasteiger partial charge < -0.3 is 4.74 Å². The Balaban J connectivity index is 2.14. The summed E-state index contributed by atoms with van der Waals surface area (Å²) in [6.45, 7) is 0. The fraction of sp³-hybridized carbons (Fsp3) is 0.188. The van der Waals surface area contributed by atoms with Crippen molar-refractivity contribution in [2.75, 3.05) is 0 Å². The zero-order valence-corrected chi connectivity index (χ0v) is 13.3. The van der Waals surface area contributed by atoms with Crippen LogP contribution in [0.25, 0.3) is 0 Å². The molecule has 0 fully saturated rings. The third-order valence-corrected chi connectivity index (χ3v) is 5.16. The number of nitrogens with zero attached hydrogens (tertiary/aromatic N) is 1. The molecule has 1 aliphatic heterocycles. The van der Waals surface area contributed by atoms with E-state index in [9.17, 15) is 30.6 Å². The Hall–Kier alpha value is -2.54. The highest BCUT2D eigenvalue weighted by Gasteiger charge is 2.57. The topological polar surface area (TPSA) is 50.1 Å². The second-order valence-corrected chi connectivity index (χ2v) is 6.77. The minimum atomic E-state index is -4.35. The molecule has 2 aromatic carbocycles. The molecule has 3 nitrogen and oxygen atoms in total. The van der Waals surface area contributed by atoms with Gasteiger partial charge in [0.15, 0.2) is 0 Å². The fourth-order valence-corrected chi connectivity index (χ4v) is 3.89. The maximum Gasteiger partial charge on any atom is 0.360 e. The lowest BCUT2D eigenvalue weighted by Crippen LogP contribution is -2.22. The molecule has 0 N–H and O–H groups in total. The van der Waals surface area contributed by atoms with Gasteiger partial charge in [0.2, 0.25) is 6.17 Å². The van der Waals surface area contributed by atoms with Crippen molar-refractivity contribution in [3.8, 4) is 17.6 Å². The summed E-state index contributed by atoms with van der Waals surface area (Å²) in [5.41, 5.74) is -2.14. The molecule has 0 saturated heterocycles. The maximum atomic E-state index is 13.8. The van der Waals surface area contributed by atoms with Gasteiger partial charge in [0.05, 0.1) is 22.1 Å². The summed E-state index contributed by atoms with van der Waals surface area (Å²) < 4.78 is 98.3. The molecule has 136 valence electrons. The summed E-state index contributed by atoms with van der Waals surface area (Å²) in [6, 6.07) is 5.90. The number of fused-ring (bicyclic) bond motifs is 1. The molecule has 0 radical (unpaired) electrons. The summed E-state index contributed by atoms with van der Waals surface area (Å²) in [7, 11) is -3.34. The van der Waals surface area contributed by atoms with E-state index in [2.05, 4.69) is 0 Å². The Kier molecular flexibility index (Phi) is 4.44. The van der Waals surface area contributed by atoms with Crippen LogP contribution in [0.2, 0.25) is 0 Å². The Bertz CT molecular complexity index is 956. The Morgan fingerprint density at radius 2 is 1.92 bits per heavy atom. The van der Waals surface area contributed by atoms with Gasteiger partial charge in [-0.2, -0.15) is 14.0 Å². The van der Waals surface area contributed by atoms with Crippen molar-refractivity contribution in [2.45, 2.75) is 22.7 Å². The summed E-state index contributed by atoms with van der Waals surface area (Å²) >= 11 is 0. The van der Waals surface area contributed by atoms with Crippen molar-refractivity contribution in [3.63, 3.8) is 0 Å². The van der Waals surface area contributed by atoms with Crippen molar-refractivity contribution in [1.29, 1.82) is 5.26 Å². The highest BCUT2D eigenvalue weighted by atomic mass is 32.2. The minimum absolute atomic E-state index is 0.168. The van der Waals surface area contributed by atoms with E-state index >= 15 is 0 Å². The van der Waals surface area contributed by atoms with E-state index in [1.165, 1.54) is 0 Å². The molecule has 0 aromatic heterocycles. The molecule has 26 heavy (non-hydrogen) atoms. The molecule has 1 heterocycles. The van der Waals surface area contributed by atoms with Gasteiger partial charge in [0, 0.05) is 11.6 Å². The molecule has 0 bridgehead atoms. The Morgan fingerprint density at radius 1 is 1.23 bits per heavy atom. The molecule has 1 aliphatic rings. The number of halogens is 6. The zero-order chi connectivity index (χ0) is 19.2. The smallest absolute Gasteiger partial charge is 0.360 e.